The molecule has 0 unspecified atom stereocenters. The van der Waals surface area contributed by atoms with Crippen LogP contribution in [0.3, 0.4) is 0 Å². The van der Waals surface area contributed by atoms with E-state index in [1.165, 1.54) is 0 Å². The summed E-state index contributed by atoms with van der Waals surface area (Å²) >= 11 is 0. The summed E-state index contributed by atoms with van der Waals surface area (Å²) in [5.74, 6) is 2.60. The van der Waals surface area contributed by atoms with Gasteiger partial charge < -0.3 is 14.2 Å². The highest BCUT2D eigenvalue weighted by Gasteiger charge is 2.11. The summed E-state index contributed by atoms with van der Waals surface area (Å²) in [6.07, 6.45) is 3.81. The van der Waals surface area contributed by atoms with Gasteiger partial charge in [-0.1, -0.05) is 12.1 Å². The van der Waals surface area contributed by atoms with Crippen molar-refractivity contribution < 1.29 is 4.74 Å². The van der Waals surface area contributed by atoms with E-state index in [0.29, 0.717) is 6.54 Å². The van der Waals surface area contributed by atoms with Crippen molar-refractivity contribution in [2.45, 2.75) is 20.0 Å². The summed E-state index contributed by atoms with van der Waals surface area (Å²) in [6, 6.07) is 11.7. The maximum atomic E-state index is 5.38. The van der Waals surface area contributed by atoms with E-state index in [1.54, 1.807) is 7.11 Å². The number of ether oxygens (including phenoxy) is 1. The highest BCUT2D eigenvalue weighted by molar-refractivity contribution is 5.67. The summed E-state index contributed by atoms with van der Waals surface area (Å²) in [6.45, 7) is 3.69. The Morgan fingerprint density at radius 3 is 2.67 bits per heavy atom. The molecule has 0 bridgehead atoms. The minimum atomic E-state index is 0.684. The first kappa shape index (κ1) is 16.0. The fourth-order valence-electron chi connectivity index (χ4n) is 2.60. The van der Waals surface area contributed by atoms with Gasteiger partial charge in [-0.3, -0.25) is 0 Å². The lowest BCUT2D eigenvalue weighted by molar-refractivity contribution is 0.416. The number of nitrogens with zero attached hydrogens (tertiary/aromatic N) is 5. The predicted molar refractivity (Wildman–Crippen MR) is 94.0 cm³/mol. The van der Waals surface area contributed by atoms with Crippen LogP contribution < -0.4 is 9.64 Å². The van der Waals surface area contributed by atoms with Gasteiger partial charge in [0.2, 0.25) is 0 Å². The van der Waals surface area contributed by atoms with Gasteiger partial charge >= 0.3 is 0 Å². The summed E-state index contributed by atoms with van der Waals surface area (Å²) in [5, 5.41) is 8.70. The Bertz CT molecular complexity index is 797. The number of imidazole rings is 1. The van der Waals surface area contributed by atoms with Crippen LogP contribution in [0.2, 0.25) is 0 Å². The first-order valence-electron chi connectivity index (χ1n) is 7.91. The number of hydrogen-bond acceptors (Lipinski definition) is 5. The molecule has 24 heavy (non-hydrogen) atoms. The molecule has 0 radical (unpaired) electrons. The molecule has 0 aliphatic heterocycles. The van der Waals surface area contributed by atoms with Gasteiger partial charge in [-0.05, 0) is 31.2 Å². The van der Waals surface area contributed by atoms with Gasteiger partial charge in [0, 0.05) is 31.5 Å². The highest BCUT2D eigenvalue weighted by Crippen LogP contribution is 2.28. The van der Waals surface area contributed by atoms with Crippen molar-refractivity contribution in [2.75, 3.05) is 19.1 Å². The fourth-order valence-corrected chi connectivity index (χ4v) is 2.60. The van der Waals surface area contributed by atoms with E-state index in [-0.39, 0.29) is 0 Å². The fraction of sp³-hybridized carbons (Fsp3) is 0.278. The molecule has 0 spiro atoms. The van der Waals surface area contributed by atoms with Crippen LogP contribution in [-0.4, -0.2) is 33.9 Å². The van der Waals surface area contributed by atoms with Gasteiger partial charge in [0.1, 0.15) is 11.6 Å². The van der Waals surface area contributed by atoms with Crippen LogP contribution in [-0.2, 0) is 13.1 Å². The lowest BCUT2D eigenvalue weighted by Crippen LogP contribution is -2.20. The Labute approximate surface area is 141 Å². The number of rotatable bonds is 6. The highest BCUT2D eigenvalue weighted by atomic mass is 16.5. The van der Waals surface area contributed by atoms with E-state index in [9.17, 15) is 0 Å². The van der Waals surface area contributed by atoms with E-state index in [4.69, 9.17) is 4.74 Å². The standard InChI is InChI=1S/C18H21N5O/c1-4-23-12-11-19-18(23)13-22(2)17-10-9-15(20-21-17)14-7-5-6-8-16(14)24-3/h5-12H,4,13H2,1-3H3. The van der Waals surface area contributed by atoms with Crippen LogP contribution in [0.4, 0.5) is 5.82 Å². The van der Waals surface area contributed by atoms with Crippen molar-refractivity contribution in [1.82, 2.24) is 19.7 Å². The smallest absolute Gasteiger partial charge is 0.151 e. The van der Waals surface area contributed by atoms with E-state index in [1.807, 2.05) is 60.7 Å². The molecule has 1 aromatic carbocycles. The van der Waals surface area contributed by atoms with Gasteiger partial charge in [-0.2, -0.15) is 0 Å². The maximum Gasteiger partial charge on any atom is 0.151 e. The van der Waals surface area contributed by atoms with E-state index < -0.39 is 0 Å². The molecule has 3 aromatic rings. The number of para-hydroxylation sites is 1. The third-order valence-corrected chi connectivity index (χ3v) is 3.95. The molecule has 2 heterocycles. The Kier molecular flexibility index (Phi) is 4.74. The SMILES string of the molecule is CCn1ccnc1CN(C)c1ccc(-c2ccccc2OC)nn1. The average molecular weight is 323 g/mol. The Morgan fingerprint density at radius 2 is 1.96 bits per heavy atom. The molecule has 124 valence electrons. The molecule has 0 saturated heterocycles. The molecule has 0 aliphatic rings. The minimum Gasteiger partial charge on any atom is -0.496 e. The van der Waals surface area contributed by atoms with Gasteiger partial charge in [0.25, 0.3) is 0 Å². The first-order chi connectivity index (χ1) is 11.7. The monoisotopic (exact) mass is 323 g/mol. The van der Waals surface area contributed by atoms with Gasteiger partial charge in [0.15, 0.2) is 5.82 Å². The van der Waals surface area contributed by atoms with Crippen LogP contribution in [0.15, 0.2) is 48.8 Å². The third-order valence-electron chi connectivity index (χ3n) is 3.95. The number of aromatic nitrogens is 4. The van der Waals surface area contributed by atoms with Crippen LogP contribution in [0.5, 0.6) is 5.75 Å². The van der Waals surface area contributed by atoms with Crippen molar-refractivity contribution >= 4 is 5.82 Å². The number of hydrogen-bond donors (Lipinski definition) is 0. The predicted octanol–water partition coefficient (Wildman–Crippen LogP) is 3.01. The van der Waals surface area contributed by atoms with Crippen molar-refractivity contribution in [3.05, 3.63) is 54.6 Å². The molecule has 3 rings (SSSR count). The Morgan fingerprint density at radius 1 is 1.12 bits per heavy atom. The molecule has 0 amide bonds. The topological polar surface area (TPSA) is 56.1 Å². The zero-order valence-corrected chi connectivity index (χ0v) is 14.2. The van der Waals surface area contributed by atoms with Crippen LogP contribution in [0, 0.1) is 0 Å². The quantitative estimate of drug-likeness (QED) is 0.698. The van der Waals surface area contributed by atoms with E-state index >= 15 is 0 Å². The van der Waals surface area contributed by atoms with E-state index in [0.717, 1.165) is 35.2 Å². The van der Waals surface area contributed by atoms with Crippen molar-refractivity contribution in [2.24, 2.45) is 0 Å². The zero-order chi connectivity index (χ0) is 16.9. The summed E-state index contributed by atoms with van der Waals surface area (Å²) < 4.78 is 7.50. The molecule has 6 heteroatoms. The summed E-state index contributed by atoms with van der Waals surface area (Å²) in [7, 11) is 3.64. The first-order valence-corrected chi connectivity index (χ1v) is 7.91. The zero-order valence-electron chi connectivity index (χ0n) is 14.2. The largest absolute Gasteiger partial charge is 0.496 e. The number of aryl methyl sites for hydroxylation is 1. The second-order valence-electron chi connectivity index (χ2n) is 5.46. The normalized spacial score (nSPS) is 10.6. The second kappa shape index (κ2) is 7.12. The van der Waals surface area contributed by atoms with Crippen molar-refractivity contribution in [3.8, 4) is 17.0 Å². The molecule has 0 fully saturated rings. The van der Waals surface area contributed by atoms with Crippen LogP contribution >= 0.6 is 0 Å². The molecular weight excluding hydrogens is 302 g/mol. The van der Waals surface area contributed by atoms with E-state index in [2.05, 4.69) is 26.7 Å². The van der Waals surface area contributed by atoms with Crippen molar-refractivity contribution in [3.63, 3.8) is 0 Å². The molecule has 0 aliphatic carbocycles. The average Bonchev–Trinajstić information content (AvgIpc) is 3.09. The molecule has 2 aromatic heterocycles. The van der Waals surface area contributed by atoms with Gasteiger partial charge in [-0.15, -0.1) is 10.2 Å². The molecular formula is C18H21N5O. The number of benzene rings is 1. The number of anilines is 1. The maximum absolute atomic E-state index is 5.38. The minimum absolute atomic E-state index is 0.684. The van der Waals surface area contributed by atoms with Gasteiger partial charge in [-0.25, -0.2) is 4.98 Å². The second-order valence-corrected chi connectivity index (χ2v) is 5.46. The lowest BCUT2D eigenvalue weighted by atomic mass is 10.1. The number of methoxy groups -OCH3 is 1. The van der Waals surface area contributed by atoms with Crippen LogP contribution in [0.1, 0.15) is 12.7 Å². The van der Waals surface area contributed by atoms with Gasteiger partial charge in [0.05, 0.1) is 19.3 Å². The summed E-state index contributed by atoms with van der Waals surface area (Å²) in [4.78, 5) is 6.43. The van der Waals surface area contributed by atoms with Crippen molar-refractivity contribution in [1.29, 1.82) is 0 Å². The summed E-state index contributed by atoms with van der Waals surface area (Å²) in [5.41, 5.74) is 1.72. The molecule has 0 N–H and O–H groups in total. The molecule has 0 atom stereocenters. The van der Waals surface area contributed by atoms with Crippen LogP contribution in [0.25, 0.3) is 11.3 Å². The molecule has 6 nitrogen and oxygen atoms in total. The Balaban J connectivity index is 1.79. The lowest BCUT2D eigenvalue weighted by Gasteiger charge is -2.18. The Hall–Kier alpha value is -2.89. The molecule has 0 saturated carbocycles. The third kappa shape index (κ3) is 3.22.